The van der Waals surface area contributed by atoms with Gasteiger partial charge >= 0.3 is 0 Å². The molecule has 0 amide bonds. The fourth-order valence-corrected chi connectivity index (χ4v) is 5.12. The SMILES string of the molecule is CCCN(CCCOC)CCC1COC2(CCC(C(C)(C)CCC)CC2)O1. The molecule has 2 aliphatic rings. The maximum Gasteiger partial charge on any atom is 0.168 e. The molecular weight excluding hydrogens is 338 g/mol. The number of hydrogen-bond donors (Lipinski definition) is 0. The summed E-state index contributed by atoms with van der Waals surface area (Å²) >= 11 is 0. The van der Waals surface area contributed by atoms with Gasteiger partial charge in [-0.15, -0.1) is 0 Å². The lowest BCUT2D eigenvalue weighted by atomic mass is 9.68. The van der Waals surface area contributed by atoms with Gasteiger partial charge in [0.25, 0.3) is 0 Å². The zero-order valence-corrected chi connectivity index (χ0v) is 18.7. The van der Waals surface area contributed by atoms with Crippen molar-refractivity contribution in [3.63, 3.8) is 0 Å². The van der Waals surface area contributed by atoms with Gasteiger partial charge in [-0.05, 0) is 56.4 Å². The van der Waals surface area contributed by atoms with Crippen LogP contribution in [0.3, 0.4) is 0 Å². The Labute approximate surface area is 168 Å². The van der Waals surface area contributed by atoms with E-state index in [1.807, 2.05) is 0 Å². The third kappa shape index (κ3) is 6.99. The molecule has 2 fully saturated rings. The largest absolute Gasteiger partial charge is 0.385 e. The van der Waals surface area contributed by atoms with Crippen molar-refractivity contribution < 1.29 is 14.2 Å². The number of methoxy groups -OCH3 is 1. The first-order valence-corrected chi connectivity index (χ1v) is 11.5. The van der Waals surface area contributed by atoms with Crippen LogP contribution in [0.2, 0.25) is 0 Å². The van der Waals surface area contributed by atoms with Crippen molar-refractivity contribution >= 4 is 0 Å². The van der Waals surface area contributed by atoms with Crippen molar-refractivity contribution in [3.05, 3.63) is 0 Å². The van der Waals surface area contributed by atoms with E-state index in [9.17, 15) is 0 Å². The molecule has 4 heteroatoms. The molecule has 1 aliphatic heterocycles. The van der Waals surface area contributed by atoms with E-state index in [0.717, 1.165) is 64.4 Å². The predicted octanol–water partition coefficient (Wildman–Crippen LogP) is 5.25. The van der Waals surface area contributed by atoms with Crippen molar-refractivity contribution in [3.8, 4) is 0 Å². The van der Waals surface area contributed by atoms with Crippen LogP contribution in [0.5, 0.6) is 0 Å². The summed E-state index contributed by atoms with van der Waals surface area (Å²) in [5.41, 5.74) is 0.456. The predicted molar refractivity (Wildman–Crippen MR) is 112 cm³/mol. The molecule has 1 heterocycles. The Bertz CT molecular complexity index is 404. The fraction of sp³-hybridized carbons (Fsp3) is 1.00. The Morgan fingerprint density at radius 3 is 2.44 bits per heavy atom. The Morgan fingerprint density at radius 1 is 1.07 bits per heavy atom. The molecule has 1 aliphatic carbocycles. The van der Waals surface area contributed by atoms with Crippen LogP contribution in [0.4, 0.5) is 0 Å². The van der Waals surface area contributed by atoms with Gasteiger partial charge in [0.15, 0.2) is 5.79 Å². The molecule has 0 aromatic rings. The summed E-state index contributed by atoms with van der Waals surface area (Å²) < 4.78 is 17.9. The summed E-state index contributed by atoms with van der Waals surface area (Å²) in [7, 11) is 1.78. The monoisotopic (exact) mass is 383 g/mol. The molecule has 2 rings (SSSR count). The highest BCUT2D eigenvalue weighted by molar-refractivity contribution is 4.90. The maximum absolute atomic E-state index is 6.49. The second kappa shape index (κ2) is 11.1. The van der Waals surface area contributed by atoms with E-state index in [2.05, 4.69) is 32.6 Å². The quantitative estimate of drug-likeness (QED) is 0.431. The molecule has 1 spiro atoms. The average Bonchev–Trinajstić information content (AvgIpc) is 3.03. The lowest BCUT2D eigenvalue weighted by Gasteiger charge is -2.42. The van der Waals surface area contributed by atoms with Crippen molar-refractivity contribution in [1.29, 1.82) is 0 Å². The second-order valence-corrected chi connectivity index (χ2v) is 9.45. The van der Waals surface area contributed by atoms with Crippen LogP contribution in [0.25, 0.3) is 0 Å². The third-order valence-corrected chi connectivity index (χ3v) is 6.79. The molecule has 1 saturated carbocycles. The number of hydrogen-bond acceptors (Lipinski definition) is 4. The highest BCUT2D eigenvalue weighted by Gasteiger charge is 2.46. The van der Waals surface area contributed by atoms with E-state index in [0.29, 0.717) is 5.41 Å². The van der Waals surface area contributed by atoms with Gasteiger partial charge in [0.1, 0.15) is 0 Å². The first kappa shape index (κ1) is 23.1. The summed E-state index contributed by atoms with van der Waals surface area (Å²) in [6.45, 7) is 14.5. The van der Waals surface area contributed by atoms with Crippen LogP contribution < -0.4 is 0 Å². The van der Waals surface area contributed by atoms with Gasteiger partial charge in [0.2, 0.25) is 0 Å². The fourth-order valence-electron chi connectivity index (χ4n) is 5.12. The van der Waals surface area contributed by atoms with E-state index in [-0.39, 0.29) is 11.9 Å². The van der Waals surface area contributed by atoms with E-state index >= 15 is 0 Å². The van der Waals surface area contributed by atoms with Crippen LogP contribution in [0, 0.1) is 11.3 Å². The summed E-state index contributed by atoms with van der Waals surface area (Å²) in [5, 5.41) is 0. The first-order valence-electron chi connectivity index (χ1n) is 11.5. The van der Waals surface area contributed by atoms with Crippen molar-refractivity contribution in [2.75, 3.05) is 40.0 Å². The van der Waals surface area contributed by atoms with E-state index in [4.69, 9.17) is 14.2 Å². The molecular formula is C23H45NO3. The number of ether oxygens (including phenoxy) is 3. The average molecular weight is 384 g/mol. The van der Waals surface area contributed by atoms with Gasteiger partial charge in [0, 0.05) is 39.6 Å². The second-order valence-electron chi connectivity index (χ2n) is 9.45. The number of nitrogens with zero attached hydrogens (tertiary/aromatic N) is 1. The lowest BCUT2D eigenvalue weighted by Crippen LogP contribution is -2.39. The Hall–Kier alpha value is -0.160. The molecule has 27 heavy (non-hydrogen) atoms. The Balaban J connectivity index is 1.74. The smallest absolute Gasteiger partial charge is 0.168 e. The normalized spacial score (nSPS) is 29.1. The van der Waals surface area contributed by atoms with Gasteiger partial charge < -0.3 is 19.1 Å². The lowest BCUT2D eigenvalue weighted by molar-refractivity contribution is -0.197. The maximum atomic E-state index is 6.49. The number of rotatable bonds is 12. The molecule has 0 N–H and O–H groups in total. The Kier molecular flexibility index (Phi) is 9.54. The molecule has 0 aromatic carbocycles. The standard InChI is InChI=1S/C23H45NO3/c1-6-12-22(3,4)20-9-13-23(14-10-20)26-19-21(27-23)11-17-24(15-7-2)16-8-18-25-5/h20-21H,6-19H2,1-5H3. The van der Waals surface area contributed by atoms with Crippen LogP contribution >= 0.6 is 0 Å². The molecule has 1 unspecified atom stereocenters. The molecule has 1 saturated heterocycles. The van der Waals surface area contributed by atoms with Gasteiger partial charge in [-0.2, -0.15) is 0 Å². The van der Waals surface area contributed by atoms with Gasteiger partial charge in [0.05, 0.1) is 12.7 Å². The van der Waals surface area contributed by atoms with E-state index < -0.39 is 0 Å². The minimum absolute atomic E-state index is 0.269. The van der Waals surface area contributed by atoms with E-state index in [1.54, 1.807) is 7.11 Å². The van der Waals surface area contributed by atoms with E-state index in [1.165, 1.54) is 32.1 Å². The first-order chi connectivity index (χ1) is 12.9. The van der Waals surface area contributed by atoms with Crippen molar-refractivity contribution in [2.24, 2.45) is 11.3 Å². The van der Waals surface area contributed by atoms with Gasteiger partial charge in [-0.25, -0.2) is 0 Å². The summed E-state index contributed by atoms with van der Waals surface area (Å²) in [6, 6.07) is 0. The Morgan fingerprint density at radius 2 is 1.81 bits per heavy atom. The highest BCUT2D eigenvalue weighted by Crippen LogP contribution is 2.47. The van der Waals surface area contributed by atoms with Gasteiger partial charge in [-0.3, -0.25) is 0 Å². The molecule has 1 atom stereocenters. The minimum atomic E-state index is -0.269. The third-order valence-electron chi connectivity index (χ3n) is 6.79. The van der Waals surface area contributed by atoms with Crippen LogP contribution in [-0.2, 0) is 14.2 Å². The zero-order valence-electron chi connectivity index (χ0n) is 18.7. The summed E-state index contributed by atoms with van der Waals surface area (Å²) in [6.07, 6.45) is 10.9. The minimum Gasteiger partial charge on any atom is -0.385 e. The summed E-state index contributed by atoms with van der Waals surface area (Å²) in [4.78, 5) is 2.55. The summed E-state index contributed by atoms with van der Waals surface area (Å²) in [5.74, 6) is 0.546. The molecule has 160 valence electrons. The molecule has 0 radical (unpaired) electrons. The van der Waals surface area contributed by atoms with Crippen LogP contribution in [-0.4, -0.2) is 56.7 Å². The van der Waals surface area contributed by atoms with Crippen molar-refractivity contribution in [1.82, 2.24) is 4.90 Å². The molecule has 4 nitrogen and oxygen atoms in total. The van der Waals surface area contributed by atoms with Gasteiger partial charge in [-0.1, -0.05) is 34.1 Å². The van der Waals surface area contributed by atoms with Crippen LogP contribution in [0.15, 0.2) is 0 Å². The topological polar surface area (TPSA) is 30.9 Å². The van der Waals surface area contributed by atoms with Crippen molar-refractivity contribution in [2.45, 2.75) is 97.4 Å². The molecule has 0 aromatic heterocycles. The highest BCUT2D eigenvalue weighted by atomic mass is 16.7. The van der Waals surface area contributed by atoms with Crippen LogP contribution in [0.1, 0.15) is 85.5 Å². The molecule has 0 bridgehead atoms. The zero-order chi connectivity index (χ0) is 19.8.